The van der Waals surface area contributed by atoms with Gasteiger partial charge >= 0.3 is 0 Å². The Hall–Kier alpha value is -2.96. The Morgan fingerprint density at radius 1 is 1.25 bits per heavy atom. The molecular formula is C16H17N3O8S. The van der Waals surface area contributed by atoms with Crippen molar-refractivity contribution in [3.05, 3.63) is 46.2 Å². The first-order valence-corrected chi connectivity index (χ1v) is 9.58. The van der Waals surface area contributed by atoms with Gasteiger partial charge in [0.25, 0.3) is 21.6 Å². The molecule has 2 heterocycles. The van der Waals surface area contributed by atoms with Crippen LogP contribution < -0.4 is 10.1 Å². The minimum atomic E-state index is -3.89. The maximum atomic E-state index is 12.6. The van der Waals surface area contributed by atoms with Gasteiger partial charge in [-0.05, 0) is 18.2 Å². The Balaban J connectivity index is 1.81. The van der Waals surface area contributed by atoms with Gasteiger partial charge in [0.2, 0.25) is 5.09 Å². The number of sulfonamides is 1. The number of nitro groups is 1. The molecule has 3 rings (SSSR count). The quantitative estimate of drug-likeness (QED) is 0.556. The molecule has 150 valence electrons. The maximum Gasteiger partial charge on any atom is 0.291 e. The average molecular weight is 411 g/mol. The maximum absolute atomic E-state index is 12.6. The van der Waals surface area contributed by atoms with E-state index in [4.69, 9.17) is 13.9 Å². The summed E-state index contributed by atoms with van der Waals surface area (Å²) in [6.45, 7) is 0.935. The topological polar surface area (TPSA) is 141 Å². The van der Waals surface area contributed by atoms with E-state index in [-0.39, 0.29) is 54.3 Å². The first-order valence-electron chi connectivity index (χ1n) is 8.14. The number of morpholine rings is 1. The van der Waals surface area contributed by atoms with Crippen molar-refractivity contribution < 1.29 is 32.0 Å². The molecule has 1 amide bonds. The van der Waals surface area contributed by atoms with Gasteiger partial charge in [0.1, 0.15) is 5.75 Å². The predicted octanol–water partition coefficient (Wildman–Crippen LogP) is 1.47. The number of amides is 1. The lowest BCUT2D eigenvalue weighted by Crippen LogP contribution is -2.40. The smallest absolute Gasteiger partial charge is 0.291 e. The molecule has 0 radical (unpaired) electrons. The van der Waals surface area contributed by atoms with Crippen molar-refractivity contribution in [3.8, 4) is 5.75 Å². The summed E-state index contributed by atoms with van der Waals surface area (Å²) in [7, 11) is -2.54. The van der Waals surface area contributed by atoms with Crippen LogP contribution in [0.15, 0.2) is 39.8 Å². The van der Waals surface area contributed by atoms with Crippen LogP contribution >= 0.6 is 0 Å². The second kappa shape index (κ2) is 7.96. The van der Waals surface area contributed by atoms with Crippen molar-refractivity contribution in [3.63, 3.8) is 0 Å². The number of non-ortho nitro benzene ring substituents is 1. The largest absolute Gasteiger partial charge is 0.495 e. The van der Waals surface area contributed by atoms with Gasteiger partial charge in [-0.25, -0.2) is 8.42 Å². The molecule has 2 aromatic rings. The highest BCUT2D eigenvalue weighted by atomic mass is 32.2. The molecule has 0 atom stereocenters. The fraction of sp³-hybridized carbons (Fsp3) is 0.312. The van der Waals surface area contributed by atoms with Crippen LogP contribution in [-0.4, -0.2) is 57.0 Å². The lowest BCUT2D eigenvalue weighted by Gasteiger charge is -2.24. The van der Waals surface area contributed by atoms with Crippen LogP contribution in [0.2, 0.25) is 0 Å². The molecule has 0 bridgehead atoms. The molecule has 11 nitrogen and oxygen atoms in total. The first-order chi connectivity index (χ1) is 13.3. The number of nitrogens with one attached hydrogen (secondary N) is 1. The number of carbonyl (C=O) groups excluding carboxylic acids is 1. The summed E-state index contributed by atoms with van der Waals surface area (Å²) in [4.78, 5) is 22.7. The van der Waals surface area contributed by atoms with E-state index in [1.807, 2.05) is 0 Å². The van der Waals surface area contributed by atoms with E-state index in [9.17, 15) is 23.3 Å². The fourth-order valence-corrected chi connectivity index (χ4v) is 3.91. The summed E-state index contributed by atoms with van der Waals surface area (Å²) >= 11 is 0. The van der Waals surface area contributed by atoms with Crippen LogP contribution in [0.5, 0.6) is 5.75 Å². The highest BCUT2D eigenvalue weighted by Crippen LogP contribution is 2.29. The zero-order valence-corrected chi connectivity index (χ0v) is 15.6. The zero-order chi connectivity index (χ0) is 20.3. The number of anilines is 1. The molecular weight excluding hydrogens is 394 g/mol. The number of rotatable bonds is 6. The number of hydrogen-bond donors (Lipinski definition) is 1. The normalized spacial score (nSPS) is 15.2. The van der Waals surface area contributed by atoms with Gasteiger partial charge in [-0.3, -0.25) is 14.9 Å². The molecule has 1 aliphatic rings. The molecule has 1 aromatic carbocycles. The number of ether oxygens (including phenoxy) is 2. The summed E-state index contributed by atoms with van der Waals surface area (Å²) in [6.07, 6.45) is 0. The summed E-state index contributed by atoms with van der Waals surface area (Å²) in [5, 5.41) is 13.0. The summed E-state index contributed by atoms with van der Waals surface area (Å²) in [5.41, 5.74) is -0.193. The first kappa shape index (κ1) is 19.8. The van der Waals surface area contributed by atoms with Gasteiger partial charge in [-0.2, -0.15) is 4.31 Å². The highest BCUT2D eigenvalue weighted by Gasteiger charge is 2.30. The van der Waals surface area contributed by atoms with E-state index >= 15 is 0 Å². The van der Waals surface area contributed by atoms with Crippen molar-refractivity contribution in [2.45, 2.75) is 5.09 Å². The molecule has 1 saturated heterocycles. The van der Waals surface area contributed by atoms with Crippen LogP contribution in [-0.2, 0) is 14.8 Å². The van der Waals surface area contributed by atoms with Crippen molar-refractivity contribution in [2.24, 2.45) is 0 Å². The standard InChI is InChI=1S/C16H17N3O8S/c1-25-13-3-2-11(19(21)22)10-12(13)17-16(20)14-4-5-15(27-14)28(23,24)18-6-8-26-9-7-18/h2-5,10H,6-9H2,1H3,(H,17,20). The van der Waals surface area contributed by atoms with Gasteiger partial charge in [-0.15, -0.1) is 0 Å². The van der Waals surface area contributed by atoms with E-state index in [1.165, 1.54) is 35.7 Å². The van der Waals surface area contributed by atoms with Gasteiger partial charge in [-0.1, -0.05) is 0 Å². The molecule has 28 heavy (non-hydrogen) atoms. The third kappa shape index (κ3) is 3.98. The third-order valence-corrected chi connectivity index (χ3v) is 5.78. The molecule has 0 spiro atoms. The van der Waals surface area contributed by atoms with Crippen molar-refractivity contribution in [1.82, 2.24) is 4.31 Å². The molecule has 1 fully saturated rings. The van der Waals surface area contributed by atoms with E-state index in [1.54, 1.807) is 0 Å². The number of nitrogens with zero attached hydrogens (tertiary/aromatic N) is 2. The van der Waals surface area contributed by atoms with Crippen molar-refractivity contribution >= 4 is 27.3 Å². The van der Waals surface area contributed by atoms with E-state index < -0.39 is 20.9 Å². The van der Waals surface area contributed by atoms with Gasteiger partial charge in [0.05, 0.1) is 30.9 Å². The number of benzene rings is 1. The van der Waals surface area contributed by atoms with Gasteiger partial charge < -0.3 is 19.2 Å². The number of furan rings is 1. The number of methoxy groups -OCH3 is 1. The average Bonchev–Trinajstić information content (AvgIpc) is 3.20. The Bertz CT molecular complexity index is 995. The van der Waals surface area contributed by atoms with Crippen LogP contribution in [0.1, 0.15) is 10.6 Å². The number of hydrogen-bond acceptors (Lipinski definition) is 8. The van der Waals surface area contributed by atoms with Gasteiger partial charge in [0, 0.05) is 25.2 Å². The fourth-order valence-electron chi connectivity index (χ4n) is 2.59. The summed E-state index contributed by atoms with van der Waals surface area (Å²) in [6, 6.07) is 6.10. The Morgan fingerprint density at radius 3 is 2.61 bits per heavy atom. The second-order valence-electron chi connectivity index (χ2n) is 5.73. The summed E-state index contributed by atoms with van der Waals surface area (Å²) in [5.74, 6) is -0.839. The van der Waals surface area contributed by atoms with Crippen molar-refractivity contribution in [1.29, 1.82) is 0 Å². The minimum absolute atomic E-state index is 0.0516. The summed E-state index contributed by atoms with van der Waals surface area (Å²) < 4.78 is 41.7. The predicted molar refractivity (Wildman–Crippen MR) is 95.9 cm³/mol. The molecule has 1 aromatic heterocycles. The van der Waals surface area contributed by atoms with Gasteiger partial charge in [0.15, 0.2) is 5.76 Å². The monoisotopic (exact) mass is 411 g/mol. The molecule has 0 saturated carbocycles. The highest BCUT2D eigenvalue weighted by molar-refractivity contribution is 7.89. The molecule has 0 aliphatic carbocycles. The molecule has 1 N–H and O–H groups in total. The Kier molecular flexibility index (Phi) is 5.63. The second-order valence-corrected chi connectivity index (χ2v) is 7.60. The SMILES string of the molecule is COc1ccc([N+](=O)[O-])cc1NC(=O)c1ccc(S(=O)(=O)N2CCOCC2)o1. The van der Waals surface area contributed by atoms with Crippen LogP contribution in [0.3, 0.4) is 0 Å². The van der Waals surface area contributed by atoms with Crippen LogP contribution in [0.4, 0.5) is 11.4 Å². The Labute approximate surface area is 160 Å². The zero-order valence-electron chi connectivity index (χ0n) is 14.8. The number of nitro benzene ring substituents is 1. The van der Waals surface area contributed by atoms with E-state index in [0.717, 1.165) is 6.07 Å². The molecule has 12 heteroatoms. The Morgan fingerprint density at radius 2 is 1.96 bits per heavy atom. The number of carbonyl (C=O) groups is 1. The van der Waals surface area contributed by atoms with E-state index in [2.05, 4.69) is 5.32 Å². The van der Waals surface area contributed by atoms with Crippen LogP contribution in [0.25, 0.3) is 0 Å². The lowest BCUT2D eigenvalue weighted by molar-refractivity contribution is -0.384. The van der Waals surface area contributed by atoms with Crippen molar-refractivity contribution in [2.75, 3.05) is 38.7 Å². The third-order valence-electron chi connectivity index (χ3n) is 4.01. The lowest BCUT2D eigenvalue weighted by atomic mass is 10.2. The molecule has 0 unspecified atom stereocenters. The van der Waals surface area contributed by atoms with Crippen LogP contribution in [0, 0.1) is 10.1 Å². The minimum Gasteiger partial charge on any atom is -0.495 e. The van der Waals surface area contributed by atoms with E-state index in [0.29, 0.717) is 0 Å². The molecule has 1 aliphatic heterocycles.